The van der Waals surface area contributed by atoms with Gasteiger partial charge in [0.25, 0.3) is 5.91 Å². The predicted octanol–water partition coefficient (Wildman–Crippen LogP) is -0.00520. The van der Waals surface area contributed by atoms with E-state index in [2.05, 4.69) is 9.98 Å². The summed E-state index contributed by atoms with van der Waals surface area (Å²) in [4.78, 5) is 19.1. The van der Waals surface area contributed by atoms with Crippen molar-refractivity contribution >= 4 is 29.6 Å². The van der Waals surface area contributed by atoms with Gasteiger partial charge in [-0.15, -0.1) is 11.8 Å². The van der Waals surface area contributed by atoms with E-state index in [1.165, 1.54) is 0 Å². The highest BCUT2D eigenvalue weighted by atomic mass is 32.2. The fourth-order valence-electron chi connectivity index (χ4n) is 1.26. The van der Waals surface area contributed by atoms with Crippen LogP contribution in [0.4, 0.5) is 0 Å². The van der Waals surface area contributed by atoms with Gasteiger partial charge in [0.2, 0.25) is 0 Å². The van der Waals surface area contributed by atoms with Gasteiger partial charge in [0, 0.05) is 12.0 Å². The molecule has 0 aliphatic carbocycles. The van der Waals surface area contributed by atoms with Crippen molar-refractivity contribution in [1.29, 1.82) is 0 Å². The largest absolute Gasteiger partial charge is 0.364 e. The molecule has 0 aromatic rings. The molecule has 2 aliphatic heterocycles. The molecule has 0 saturated heterocycles. The van der Waals surface area contributed by atoms with E-state index >= 15 is 0 Å². The van der Waals surface area contributed by atoms with Gasteiger partial charge in [-0.1, -0.05) is 6.08 Å². The first-order chi connectivity index (χ1) is 6.27. The smallest absolute Gasteiger partial charge is 0.266 e. The van der Waals surface area contributed by atoms with Crippen molar-refractivity contribution in [3.05, 3.63) is 12.2 Å². The average molecular weight is 195 g/mol. The minimum atomic E-state index is -0.486. The second-order valence-corrected chi connectivity index (χ2v) is 3.99. The highest BCUT2D eigenvalue weighted by molar-refractivity contribution is 8.00. The lowest BCUT2D eigenvalue weighted by atomic mass is 10.2. The minimum Gasteiger partial charge on any atom is -0.364 e. The van der Waals surface area contributed by atoms with Crippen molar-refractivity contribution < 1.29 is 4.79 Å². The van der Waals surface area contributed by atoms with Crippen molar-refractivity contribution in [2.75, 3.05) is 5.75 Å². The van der Waals surface area contributed by atoms with Gasteiger partial charge in [-0.3, -0.25) is 14.8 Å². The molecule has 0 spiro atoms. The molecule has 0 aromatic carbocycles. The fourth-order valence-corrected chi connectivity index (χ4v) is 2.14. The van der Waals surface area contributed by atoms with E-state index in [0.717, 1.165) is 5.75 Å². The summed E-state index contributed by atoms with van der Waals surface area (Å²) in [5.74, 6) is 0.424. The van der Waals surface area contributed by atoms with Gasteiger partial charge in [0.1, 0.15) is 5.71 Å². The van der Waals surface area contributed by atoms with Crippen LogP contribution < -0.4 is 5.73 Å². The van der Waals surface area contributed by atoms with Crippen molar-refractivity contribution in [2.45, 2.75) is 11.4 Å². The maximum absolute atomic E-state index is 10.8. The zero-order valence-electron chi connectivity index (χ0n) is 6.88. The highest BCUT2D eigenvalue weighted by Crippen LogP contribution is 2.25. The molecule has 0 bridgehead atoms. The van der Waals surface area contributed by atoms with Crippen LogP contribution in [0, 0.1) is 0 Å². The third kappa shape index (κ3) is 1.65. The monoisotopic (exact) mass is 195 g/mol. The molecule has 2 rings (SSSR count). The minimum absolute atomic E-state index is 0.147. The maximum Gasteiger partial charge on any atom is 0.266 e. The lowest BCUT2D eigenvalue weighted by Gasteiger charge is -2.23. The molecule has 0 saturated carbocycles. The van der Waals surface area contributed by atoms with E-state index in [1.54, 1.807) is 17.8 Å². The Morgan fingerprint density at radius 1 is 1.69 bits per heavy atom. The first kappa shape index (κ1) is 8.50. The Kier molecular flexibility index (Phi) is 2.18. The zero-order chi connectivity index (χ0) is 9.26. The molecule has 0 aromatic heterocycles. The van der Waals surface area contributed by atoms with Gasteiger partial charge in [-0.25, -0.2) is 0 Å². The number of dihydropyridines is 1. The molecule has 1 amide bonds. The van der Waals surface area contributed by atoms with Gasteiger partial charge < -0.3 is 5.73 Å². The number of carbonyl (C=O) groups excluding carboxylic acids is 1. The molecule has 13 heavy (non-hydrogen) atoms. The number of fused-ring (bicyclic) bond motifs is 1. The summed E-state index contributed by atoms with van der Waals surface area (Å²) in [7, 11) is 0. The second kappa shape index (κ2) is 3.33. The average Bonchev–Trinajstić information content (AvgIpc) is 2.17. The molecular weight excluding hydrogens is 186 g/mol. The Morgan fingerprint density at radius 2 is 2.54 bits per heavy atom. The van der Waals surface area contributed by atoms with Crippen LogP contribution in [0.5, 0.6) is 0 Å². The van der Waals surface area contributed by atoms with Crippen molar-refractivity contribution in [1.82, 2.24) is 0 Å². The lowest BCUT2D eigenvalue weighted by Crippen LogP contribution is -2.31. The number of rotatable bonds is 1. The third-order valence-corrected chi connectivity index (χ3v) is 3.01. The van der Waals surface area contributed by atoms with Crippen molar-refractivity contribution in [3.8, 4) is 0 Å². The van der Waals surface area contributed by atoms with E-state index in [-0.39, 0.29) is 11.4 Å². The van der Waals surface area contributed by atoms with E-state index < -0.39 is 5.91 Å². The van der Waals surface area contributed by atoms with Gasteiger partial charge >= 0.3 is 0 Å². The SMILES string of the molecule is NC(=O)C1=NC2N=CCSC2C=C1. The van der Waals surface area contributed by atoms with Crippen LogP contribution >= 0.6 is 11.8 Å². The van der Waals surface area contributed by atoms with Crippen molar-refractivity contribution in [3.63, 3.8) is 0 Å². The van der Waals surface area contributed by atoms with Crippen LogP contribution in [-0.4, -0.2) is 35.0 Å². The Labute approximate surface area is 80.0 Å². The maximum atomic E-state index is 10.8. The number of thioether (sulfide) groups is 1. The molecule has 0 radical (unpaired) electrons. The van der Waals surface area contributed by atoms with Gasteiger partial charge in [0.05, 0.1) is 5.25 Å². The predicted molar refractivity (Wildman–Crippen MR) is 54.3 cm³/mol. The number of primary amides is 1. The van der Waals surface area contributed by atoms with Crippen LogP contribution in [-0.2, 0) is 4.79 Å². The summed E-state index contributed by atoms with van der Waals surface area (Å²) in [6.07, 6.45) is 5.30. The number of nitrogens with zero attached hydrogens (tertiary/aromatic N) is 2. The molecular formula is C8H9N3OS. The zero-order valence-corrected chi connectivity index (χ0v) is 7.70. The fraction of sp³-hybridized carbons (Fsp3) is 0.375. The Balaban J connectivity index is 2.24. The Morgan fingerprint density at radius 3 is 3.31 bits per heavy atom. The molecule has 4 nitrogen and oxygen atoms in total. The van der Waals surface area contributed by atoms with E-state index in [1.807, 2.05) is 12.3 Å². The van der Waals surface area contributed by atoms with Crippen LogP contribution in [0.1, 0.15) is 0 Å². The quantitative estimate of drug-likeness (QED) is 0.639. The van der Waals surface area contributed by atoms with Gasteiger partial charge in [0.15, 0.2) is 6.17 Å². The van der Waals surface area contributed by atoms with Crippen LogP contribution in [0.2, 0.25) is 0 Å². The summed E-state index contributed by atoms with van der Waals surface area (Å²) in [6.45, 7) is 0. The standard InChI is InChI=1S/C8H9N3OS/c9-7(12)5-1-2-6-8(11-5)10-3-4-13-6/h1-3,6,8H,4H2,(H2,9,12). The number of nitrogens with two attached hydrogens (primary N) is 1. The summed E-state index contributed by atoms with van der Waals surface area (Å²) in [5.41, 5.74) is 5.43. The third-order valence-electron chi connectivity index (χ3n) is 1.88. The number of hydrogen-bond donors (Lipinski definition) is 1. The summed E-state index contributed by atoms with van der Waals surface area (Å²) in [6, 6.07) is 0. The van der Waals surface area contributed by atoms with Crippen LogP contribution in [0.15, 0.2) is 22.1 Å². The normalized spacial score (nSPS) is 30.9. The first-order valence-electron chi connectivity index (χ1n) is 3.96. The van der Waals surface area contributed by atoms with Gasteiger partial charge in [-0.2, -0.15) is 0 Å². The van der Waals surface area contributed by atoms with Crippen LogP contribution in [0.3, 0.4) is 0 Å². The number of amides is 1. The number of carbonyl (C=O) groups is 1. The molecule has 2 aliphatic rings. The highest BCUT2D eigenvalue weighted by Gasteiger charge is 2.24. The molecule has 68 valence electrons. The van der Waals surface area contributed by atoms with E-state index in [9.17, 15) is 4.79 Å². The second-order valence-electron chi connectivity index (χ2n) is 2.78. The number of aliphatic imine (C=N–C) groups is 2. The molecule has 2 unspecified atom stereocenters. The van der Waals surface area contributed by atoms with Gasteiger partial charge in [-0.05, 0) is 6.08 Å². The van der Waals surface area contributed by atoms with Crippen LogP contribution in [0.25, 0.3) is 0 Å². The summed E-state index contributed by atoms with van der Waals surface area (Å²) in [5, 5.41) is 0.271. The van der Waals surface area contributed by atoms with E-state index in [4.69, 9.17) is 5.73 Å². The molecule has 5 heteroatoms. The Bertz CT molecular complexity index is 321. The van der Waals surface area contributed by atoms with Crippen molar-refractivity contribution in [2.24, 2.45) is 15.7 Å². The molecule has 0 fully saturated rings. The van der Waals surface area contributed by atoms with E-state index in [0.29, 0.717) is 5.71 Å². The molecule has 2 N–H and O–H groups in total. The topological polar surface area (TPSA) is 67.8 Å². The summed E-state index contributed by atoms with van der Waals surface area (Å²) >= 11 is 1.77. The molecule has 2 heterocycles. The summed E-state index contributed by atoms with van der Waals surface area (Å²) < 4.78 is 0. The Hall–Kier alpha value is -1.10. The number of hydrogen-bond acceptors (Lipinski definition) is 4. The first-order valence-corrected chi connectivity index (χ1v) is 5.01. The molecule has 2 atom stereocenters. The lowest BCUT2D eigenvalue weighted by molar-refractivity contribution is -0.111.